The van der Waals surface area contributed by atoms with E-state index < -0.39 is 36.3 Å². The largest absolute Gasteiger partial charge is 0.416 e. The standard InChI is InChI=1S/C26H26ClF3IN5O3/c1-25(39)10-9-21-19(12-25)20(34-36(21)18-4-2-3-16(27)11-18)13-33-24(38)35(14-22(37)26(28,29)30)23(32)15-5-7-17(31)8-6-15/h2-8,11,22,32,37,39H,9-10,12-14H2,1H3,(H,33,38)/t22-,25?/m0/s1. The topological polar surface area (TPSA) is 114 Å². The SMILES string of the molecule is CC1(O)CCc2c(c(CNC(=O)N(C[C@H](O)C(F)(F)F)C(=N)c3ccc(I)cc3)nn2-c2cccc(Cl)c2)C1. The van der Waals surface area contributed by atoms with Gasteiger partial charge in [0.2, 0.25) is 0 Å². The Labute approximate surface area is 241 Å². The van der Waals surface area contributed by atoms with E-state index in [2.05, 4.69) is 10.4 Å². The summed E-state index contributed by atoms with van der Waals surface area (Å²) in [6, 6.07) is 12.4. The lowest BCUT2D eigenvalue weighted by Gasteiger charge is -2.29. The minimum atomic E-state index is -4.98. The summed E-state index contributed by atoms with van der Waals surface area (Å²) in [5, 5.41) is 36.5. The summed E-state index contributed by atoms with van der Waals surface area (Å²) in [5.74, 6) is -0.499. The fourth-order valence-electron chi connectivity index (χ4n) is 4.39. The molecule has 0 spiro atoms. The number of aliphatic hydroxyl groups is 2. The maximum Gasteiger partial charge on any atom is 0.416 e. The molecule has 2 amide bonds. The van der Waals surface area contributed by atoms with Gasteiger partial charge in [0.15, 0.2) is 6.10 Å². The minimum absolute atomic E-state index is 0.177. The number of fused-ring (bicyclic) bond motifs is 1. The Morgan fingerprint density at radius 2 is 2.00 bits per heavy atom. The number of amides is 2. The second-order valence-corrected chi connectivity index (χ2v) is 11.3. The smallest absolute Gasteiger partial charge is 0.390 e. The molecule has 1 heterocycles. The maximum atomic E-state index is 13.2. The molecule has 39 heavy (non-hydrogen) atoms. The van der Waals surface area contributed by atoms with Gasteiger partial charge in [0.05, 0.1) is 30.1 Å². The molecule has 2 aromatic carbocycles. The second-order valence-electron chi connectivity index (χ2n) is 9.62. The van der Waals surface area contributed by atoms with Crippen LogP contribution in [0.25, 0.3) is 5.69 Å². The average Bonchev–Trinajstić information content (AvgIpc) is 3.21. The van der Waals surface area contributed by atoms with Crippen LogP contribution < -0.4 is 5.32 Å². The van der Waals surface area contributed by atoms with Crippen LogP contribution in [0.1, 0.15) is 35.9 Å². The predicted octanol–water partition coefficient (Wildman–Crippen LogP) is 4.83. The van der Waals surface area contributed by atoms with Crippen molar-refractivity contribution in [1.29, 1.82) is 5.41 Å². The van der Waals surface area contributed by atoms with E-state index in [1.165, 1.54) is 12.1 Å². The Hall–Kier alpha value is -2.68. The van der Waals surface area contributed by atoms with Gasteiger partial charge in [-0.25, -0.2) is 9.48 Å². The molecular weight excluding hydrogens is 650 g/mol. The fraction of sp³-hybridized carbons (Fsp3) is 0.346. The highest BCUT2D eigenvalue weighted by Crippen LogP contribution is 2.33. The van der Waals surface area contributed by atoms with Crippen molar-refractivity contribution in [2.24, 2.45) is 0 Å². The summed E-state index contributed by atoms with van der Waals surface area (Å²) >= 11 is 8.21. The van der Waals surface area contributed by atoms with Crippen molar-refractivity contribution in [2.45, 2.75) is 50.6 Å². The molecule has 2 atom stereocenters. The highest BCUT2D eigenvalue weighted by molar-refractivity contribution is 14.1. The van der Waals surface area contributed by atoms with Crippen molar-refractivity contribution in [2.75, 3.05) is 6.54 Å². The van der Waals surface area contributed by atoms with Crippen LogP contribution in [0.3, 0.4) is 0 Å². The van der Waals surface area contributed by atoms with Gasteiger partial charge in [-0.1, -0.05) is 29.8 Å². The Balaban J connectivity index is 1.62. The summed E-state index contributed by atoms with van der Waals surface area (Å²) in [6.45, 7) is 0.366. The van der Waals surface area contributed by atoms with E-state index in [1.54, 1.807) is 41.9 Å². The zero-order chi connectivity index (χ0) is 28.5. The third-order valence-corrected chi connectivity index (χ3v) is 7.41. The van der Waals surface area contributed by atoms with E-state index in [0.29, 0.717) is 34.1 Å². The van der Waals surface area contributed by atoms with Crippen LogP contribution in [-0.4, -0.2) is 61.2 Å². The van der Waals surface area contributed by atoms with E-state index in [0.717, 1.165) is 14.8 Å². The normalized spacial score (nSPS) is 17.8. The number of alkyl halides is 3. The summed E-state index contributed by atoms with van der Waals surface area (Å²) in [4.78, 5) is 13.7. The number of nitrogens with zero attached hydrogens (tertiary/aromatic N) is 3. The average molecular weight is 676 g/mol. The van der Waals surface area contributed by atoms with Gasteiger partial charge in [-0.3, -0.25) is 10.3 Å². The molecule has 0 aliphatic heterocycles. The Bertz CT molecular complexity index is 1380. The zero-order valence-corrected chi connectivity index (χ0v) is 23.7. The van der Waals surface area contributed by atoms with Gasteiger partial charge < -0.3 is 15.5 Å². The van der Waals surface area contributed by atoms with E-state index in [4.69, 9.17) is 17.0 Å². The first-order valence-corrected chi connectivity index (χ1v) is 13.4. The zero-order valence-electron chi connectivity index (χ0n) is 20.8. The molecule has 0 saturated heterocycles. The van der Waals surface area contributed by atoms with Crippen LogP contribution in [-0.2, 0) is 19.4 Å². The van der Waals surface area contributed by atoms with Crippen LogP contribution in [0.4, 0.5) is 18.0 Å². The number of urea groups is 1. The van der Waals surface area contributed by atoms with Crippen LogP contribution in [0.5, 0.6) is 0 Å². The number of aromatic nitrogens is 2. The molecule has 208 valence electrons. The number of carbonyl (C=O) groups excluding carboxylic acids is 1. The number of rotatable bonds is 6. The monoisotopic (exact) mass is 675 g/mol. The van der Waals surface area contributed by atoms with E-state index in [1.807, 2.05) is 28.7 Å². The fourth-order valence-corrected chi connectivity index (χ4v) is 4.93. The van der Waals surface area contributed by atoms with Gasteiger partial charge in [0, 0.05) is 31.8 Å². The van der Waals surface area contributed by atoms with Gasteiger partial charge in [-0.15, -0.1) is 0 Å². The predicted molar refractivity (Wildman–Crippen MR) is 148 cm³/mol. The molecule has 0 fully saturated rings. The molecule has 1 aliphatic rings. The van der Waals surface area contributed by atoms with Crippen LogP contribution >= 0.6 is 34.2 Å². The number of amidine groups is 1. The molecule has 4 rings (SSSR count). The highest BCUT2D eigenvalue weighted by atomic mass is 127. The summed E-state index contributed by atoms with van der Waals surface area (Å²) in [7, 11) is 0. The molecule has 1 aliphatic carbocycles. The van der Waals surface area contributed by atoms with Gasteiger partial charge in [-0.2, -0.15) is 18.3 Å². The Morgan fingerprint density at radius 3 is 2.64 bits per heavy atom. The summed E-state index contributed by atoms with van der Waals surface area (Å²) < 4.78 is 42.0. The lowest BCUT2D eigenvalue weighted by atomic mass is 9.84. The van der Waals surface area contributed by atoms with Crippen molar-refractivity contribution >= 4 is 46.1 Å². The molecule has 4 N–H and O–H groups in total. The third kappa shape index (κ3) is 6.91. The summed E-state index contributed by atoms with van der Waals surface area (Å²) in [6.07, 6.45) is -6.56. The van der Waals surface area contributed by atoms with Crippen molar-refractivity contribution in [3.05, 3.63) is 79.6 Å². The van der Waals surface area contributed by atoms with Crippen LogP contribution in [0.2, 0.25) is 5.02 Å². The second kappa shape index (κ2) is 11.4. The molecular formula is C26H26ClF3IN5O3. The third-order valence-electron chi connectivity index (χ3n) is 6.46. The van der Waals surface area contributed by atoms with Crippen LogP contribution in [0, 0.1) is 8.98 Å². The van der Waals surface area contributed by atoms with Gasteiger partial charge >= 0.3 is 12.2 Å². The van der Waals surface area contributed by atoms with Crippen molar-refractivity contribution in [3.63, 3.8) is 0 Å². The molecule has 13 heteroatoms. The molecule has 0 bridgehead atoms. The molecule has 1 unspecified atom stereocenters. The van der Waals surface area contributed by atoms with E-state index in [9.17, 15) is 28.2 Å². The number of hydrogen-bond acceptors (Lipinski definition) is 5. The van der Waals surface area contributed by atoms with Crippen molar-refractivity contribution in [3.8, 4) is 5.69 Å². The molecule has 0 radical (unpaired) electrons. The molecule has 0 saturated carbocycles. The van der Waals surface area contributed by atoms with Crippen LogP contribution in [0.15, 0.2) is 48.5 Å². The van der Waals surface area contributed by atoms with E-state index in [-0.39, 0.29) is 18.5 Å². The lowest BCUT2D eigenvalue weighted by molar-refractivity contribution is -0.204. The number of aliphatic hydroxyl groups excluding tert-OH is 1. The lowest BCUT2D eigenvalue weighted by Crippen LogP contribution is -2.50. The maximum absolute atomic E-state index is 13.2. The van der Waals surface area contributed by atoms with Gasteiger partial charge in [-0.05, 0) is 72.7 Å². The quantitative estimate of drug-likeness (QED) is 0.170. The number of benzene rings is 2. The Kier molecular flexibility index (Phi) is 8.59. The number of halogens is 5. The van der Waals surface area contributed by atoms with Gasteiger partial charge in [0.25, 0.3) is 0 Å². The van der Waals surface area contributed by atoms with Gasteiger partial charge in [0.1, 0.15) is 5.84 Å². The molecule has 3 aromatic rings. The Morgan fingerprint density at radius 1 is 1.31 bits per heavy atom. The summed E-state index contributed by atoms with van der Waals surface area (Å²) in [5.41, 5.74) is 1.89. The van der Waals surface area contributed by atoms with Crippen molar-refractivity contribution < 1.29 is 28.2 Å². The first kappa shape index (κ1) is 29.3. The highest BCUT2D eigenvalue weighted by Gasteiger charge is 2.41. The number of nitrogens with one attached hydrogen (secondary N) is 2. The van der Waals surface area contributed by atoms with Crippen molar-refractivity contribution in [1.82, 2.24) is 20.0 Å². The molecule has 1 aromatic heterocycles. The number of hydrogen-bond donors (Lipinski definition) is 4. The molecule has 8 nitrogen and oxygen atoms in total. The first-order chi connectivity index (χ1) is 18.2. The van der Waals surface area contributed by atoms with E-state index >= 15 is 0 Å². The number of carbonyl (C=O) groups is 1. The first-order valence-electron chi connectivity index (χ1n) is 12.0. The minimum Gasteiger partial charge on any atom is -0.390 e.